The second-order valence-electron chi connectivity index (χ2n) is 12.4. The van der Waals surface area contributed by atoms with Gasteiger partial charge in [-0.1, -0.05) is 56.4 Å². The summed E-state index contributed by atoms with van der Waals surface area (Å²) in [7, 11) is -3.79. The fourth-order valence-corrected chi connectivity index (χ4v) is 7.74. The molecule has 0 spiro atoms. The van der Waals surface area contributed by atoms with E-state index in [2.05, 4.69) is 56.8 Å². The summed E-state index contributed by atoms with van der Waals surface area (Å²) in [6, 6.07) is -0.283. The third-order valence-electron chi connectivity index (χ3n) is 8.36. The van der Waals surface area contributed by atoms with E-state index in [0.717, 1.165) is 76.9 Å². The molecule has 9 heteroatoms. The highest BCUT2D eigenvalue weighted by Gasteiger charge is 2.28. The van der Waals surface area contributed by atoms with E-state index in [4.69, 9.17) is 0 Å². The van der Waals surface area contributed by atoms with Gasteiger partial charge in [-0.05, 0) is 77.2 Å². The topological polar surface area (TPSA) is 94.4 Å². The van der Waals surface area contributed by atoms with E-state index in [-0.39, 0.29) is 22.8 Å². The number of ketones is 1. The molecule has 8 nitrogen and oxygen atoms in total. The molecule has 3 atom stereocenters. The zero-order valence-corrected chi connectivity index (χ0v) is 28.2. The molecule has 3 aliphatic rings. The van der Waals surface area contributed by atoms with Crippen LogP contribution in [-0.2, 0) is 14.8 Å². The van der Waals surface area contributed by atoms with Crippen LogP contribution < -0.4 is 4.72 Å². The lowest BCUT2D eigenvalue weighted by molar-refractivity contribution is -0.124. The summed E-state index contributed by atoms with van der Waals surface area (Å²) < 4.78 is 29.9. The van der Waals surface area contributed by atoms with E-state index in [0.29, 0.717) is 37.3 Å². The van der Waals surface area contributed by atoms with Crippen molar-refractivity contribution in [1.29, 1.82) is 0 Å². The first-order valence-corrected chi connectivity index (χ1v) is 17.8. The van der Waals surface area contributed by atoms with E-state index in [1.807, 2.05) is 32.2 Å². The molecule has 0 aromatic carbocycles. The Morgan fingerprint density at radius 2 is 1.93 bits per heavy atom. The molecule has 0 saturated carbocycles. The first-order chi connectivity index (χ1) is 21.1. The lowest BCUT2D eigenvalue weighted by atomic mass is 9.86. The molecule has 1 N–H and O–H groups in total. The van der Waals surface area contributed by atoms with Gasteiger partial charge in [-0.3, -0.25) is 24.6 Å². The number of Topliss-reactive ketones (excluding diaryl/α,β-unsaturated/α-hetero) is 1. The fraction of sp³-hybridized carbons (Fsp3) is 0.629. The van der Waals surface area contributed by atoms with Gasteiger partial charge < -0.3 is 0 Å². The quantitative estimate of drug-likeness (QED) is 0.135. The highest BCUT2D eigenvalue weighted by molar-refractivity contribution is 7.93. The van der Waals surface area contributed by atoms with Crippen LogP contribution in [0.4, 0.5) is 0 Å². The maximum Gasteiger partial charge on any atom is 0.242 e. The summed E-state index contributed by atoms with van der Waals surface area (Å²) in [5, 5.41) is 0. The molecule has 3 rings (SSSR count). The molecule has 1 aliphatic carbocycles. The Kier molecular flexibility index (Phi) is 15.0. The maximum absolute atomic E-state index is 13.5. The molecule has 0 bridgehead atoms. The first-order valence-electron chi connectivity index (χ1n) is 16.4. The second-order valence-corrected chi connectivity index (χ2v) is 14.1. The van der Waals surface area contributed by atoms with Crippen molar-refractivity contribution < 1.29 is 13.2 Å². The molecule has 1 saturated heterocycles. The first kappa shape index (κ1) is 35.8. The van der Waals surface area contributed by atoms with Crippen molar-refractivity contribution in [3.63, 3.8) is 0 Å². The molecule has 242 valence electrons. The molecule has 0 amide bonds. The highest BCUT2D eigenvalue weighted by atomic mass is 32.2. The molecule has 3 unspecified atom stereocenters. The van der Waals surface area contributed by atoms with E-state index in [1.54, 1.807) is 12.3 Å². The Morgan fingerprint density at radius 3 is 2.66 bits per heavy atom. The van der Waals surface area contributed by atoms with Crippen molar-refractivity contribution in [2.75, 3.05) is 45.8 Å². The second kappa shape index (κ2) is 18.4. The Hall–Kier alpha value is -2.64. The van der Waals surface area contributed by atoms with Crippen LogP contribution in [-0.4, -0.2) is 88.3 Å². The molecule has 0 radical (unpaired) electrons. The van der Waals surface area contributed by atoms with E-state index < -0.39 is 10.0 Å². The summed E-state index contributed by atoms with van der Waals surface area (Å²) in [4.78, 5) is 27.2. The van der Waals surface area contributed by atoms with Gasteiger partial charge in [0.2, 0.25) is 10.0 Å². The largest absolute Gasteiger partial charge is 0.298 e. The number of allylic oxidation sites excluding steroid dienone is 4. The van der Waals surface area contributed by atoms with Crippen LogP contribution in [0.5, 0.6) is 0 Å². The van der Waals surface area contributed by atoms with Crippen LogP contribution in [0.25, 0.3) is 0 Å². The molecular formula is C35H53N5O3S. The molecule has 2 aliphatic heterocycles. The maximum atomic E-state index is 13.5. The lowest BCUT2D eigenvalue weighted by Crippen LogP contribution is -2.38. The summed E-state index contributed by atoms with van der Waals surface area (Å²) in [5.74, 6) is 6.60. The number of aliphatic imine (C=N–C) groups is 2. The fourth-order valence-electron chi connectivity index (χ4n) is 6.25. The van der Waals surface area contributed by atoms with Gasteiger partial charge in [0.1, 0.15) is 10.7 Å². The number of carbonyl (C=O) groups excluding carboxylic acids is 1. The molecule has 1 fully saturated rings. The van der Waals surface area contributed by atoms with Gasteiger partial charge in [-0.25, -0.2) is 13.1 Å². The minimum absolute atomic E-state index is 0.0145. The van der Waals surface area contributed by atoms with Gasteiger partial charge in [-0.15, -0.1) is 0 Å². The van der Waals surface area contributed by atoms with Crippen molar-refractivity contribution in [2.24, 2.45) is 21.8 Å². The third-order valence-corrected chi connectivity index (χ3v) is 10.0. The number of nitrogens with one attached hydrogen (secondary N) is 1. The Morgan fingerprint density at radius 1 is 1.18 bits per heavy atom. The number of hydrogen-bond donors (Lipinski definition) is 1. The van der Waals surface area contributed by atoms with Crippen LogP contribution in [0.1, 0.15) is 79.1 Å². The number of rotatable bonds is 17. The van der Waals surface area contributed by atoms with Crippen molar-refractivity contribution >= 4 is 28.2 Å². The smallest absolute Gasteiger partial charge is 0.242 e. The number of nitrogens with zero attached hydrogens (tertiary/aromatic N) is 4. The lowest BCUT2D eigenvalue weighted by Gasteiger charge is -2.26. The normalized spacial score (nSPS) is 20.1. The molecule has 2 heterocycles. The number of hydrogen-bond acceptors (Lipinski definition) is 7. The minimum atomic E-state index is -3.79. The predicted octanol–water partition coefficient (Wildman–Crippen LogP) is 5.32. The van der Waals surface area contributed by atoms with Crippen LogP contribution in [0.15, 0.2) is 56.5 Å². The van der Waals surface area contributed by atoms with Crippen molar-refractivity contribution in [2.45, 2.75) is 85.1 Å². The Balaban J connectivity index is 1.51. The molecular weight excluding hydrogens is 570 g/mol. The van der Waals surface area contributed by atoms with E-state index in [1.165, 1.54) is 5.57 Å². The standard InChI is InChI=1S/C35H53N5O3S/c1-6-13-32(33(41)27-40-21-12-20-39(22-23-40)26-28(3)17-19-36-7-2)25-29(4)24-30(5)38-44(42,43)34-16-9-8-14-31-15-10-11-18-37-35(31)34/h7,10-11,16,18,29-30,32,38H,3,6,9,12-13,15,17,19-27H2,1-2,4-5H3. The van der Waals surface area contributed by atoms with Crippen LogP contribution in [0, 0.1) is 23.7 Å². The van der Waals surface area contributed by atoms with Crippen molar-refractivity contribution in [3.8, 4) is 11.8 Å². The van der Waals surface area contributed by atoms with Crippen LogP contribution >= 0.6 is 0 Å². The summed E-state index contributed by atoms with van der Waals surface area (Å²) in [5.41, 5.74) is 2.38. The average Bonchev–Trinajstić information content (AvgIpc) is 3.41. The predicted molar refractivity (Wildman–Crippen MR) is 183 cm³/mol. The zero-order valence-electron chi connectivity index (χ0n) is 27.4. The van der Waals surface area contributed by atoms with Gasteiger partial charge >= 0.3 is 0 Å². The third kappa shape index (κ3) is 11.7. The molecule has 44 heavy (non-hydrogen) atoms. The number of carbonyl (C=O) groups is 1. The molecule has 0 aromatic heterocycles. The van der Waals surface area contributed by atoms with Gasteiger partial charge in [0, 0.05) is 62.8 Å². The van der Waals surface area contributed by atoms with Crippen LogP contribution in [0.3, 0.4) is 0 Å². The van der Waals surface area contributed by atoms with E-state index >= 15 is 0 Å². The molecule has 0 aromatic rings. The van der Waals surface area contributed by atoms with Crippen molar-refractivity contribution in [1.82, 2.24) is 14.5 Å². The van der Waals surface area contributed by atoms with Crippen molar-refractivity contribution in [3.05, 3.63) is 46.6 Å². The number of sulfonamides is 1. The average molecular weight is 624 g/mol. The zero-order chi connectivity index (χ0) is 32.0. The Bertz CT molecular complexity index is 1320. The van der Waals surface area contributed by atoms with Gasteiger partial charge in [0.25, 0.3) is 0 Å². The minimum Gasteiger partial charge on any atom is -0.298 e. The SMILES string of the molecule is C=C(CCN=CC)CN1CCCN(CC(=O)C(CCC)CC(C)CC(C)NS(=O)(=O)C2=CCC#CC3=C2N=CC=CC3)CC1. The van der Waals surface area contributed by atoms with E-state index in [9.17, 15) is 13.2 Å². The highest BCUT2D eigenvalue weighted by Crippen LogP contribution is 2.28. The summed E-state index contributed by atoms with van der Waals surface area (Å²) >= 11 is 0. The summed E-state index contributed by atoms with van der Waals surface area (Å²) in [6.07, 6.45) is 15.0. The Labute approximate surface area is 266 Å². The van der Waals surface area contributed by atoms with Gasteiger partial charge in [-0.2, -0.15) is 0 Å². The van der Waals surface area contributed by atoms with Gasteiger partial charge in [0.15, 0.2) is 0 Å². The van der Waals surface area contributed by atoms with Crippen LogP contribution in [0.2, 0.25) is 0 Å². The van der Waals surface area contributed by atoms with Gasteiger partial charge in [0.05, 0.1) is 12.2 Å². The summed E-state index contributed by atoms with van der Waals surface area (Å²) in [6.45, 7) is 18.3. The monoisotopic (exact) mass is 623 g/mol.